The van der Waals surface area contributed by atoms with Gasteiger partial charge in [-0.3, -0.25) is 0 Å². The van der Waals surface area contributed by atoms with E-state index in [1.165, 1.54) is 0 Å². The number of hydrogen-bond donors (Lipinski definition) is 0. The molecule has 2 saturated heterocycles. The van der Waals surface area contributed by atoms with E-state index in [-0.39, 0.29) is 24.9 Å². The molecule has 3 heterocycles. The van der Waals surface area contributed by atoms with Gasteiger partial charge in [0.15, 0.2) is 5.79 Å². The van der Waals surface area contributed by atoms with Crippen molar-refractivity contribution >= 4 is 5.90 Å². The monoisotopic (exact) mass is 425 g/mol. The third-order valence-electron chi connectivity index (χ3n) is 5.73. The highest BCUT2D eigenvalue weighted by molar-refractivity contribution is 5.95. The minimum absolute atomic E-state index is 0.268. The van der Waals surface area contributed by atoms with Crippen molar-refractivity contribution in [1.82, 2.24) is 0 Å². The fourth-order valence-electron chi connectivity index (χ4n) is 4.30. The second-order valence-corrected chi connectivity index (χ2v) is 8.46. The van der Waals surface area contributed by atoms with Crippen LogP contribution in [-0.4, -0.2) is 56.0 Å². The summed E-state index contributed by atoms with van der Waals surface area (Å²) in [4.78, 5) is 4.84. The molecule has 0 aliphatic carbocycles. The highest BCUT2D eigenvalue weighted by Crippen LogP contribution is 2.47. The average molecular weight is 425 g/mol. The van der Waals surface area contributed by atoms with Crippen LogP contribution in [0.25, 0.3) is 0 Å². The van der Waals surface area contributed by atoms with E-state index in [4.69, 9.17) is 33.4 Å². The van der Waals surface area contributed by atoms with Gasteiger partial charge in [0.1, 0.15) is 30.7 Å². The molecule has 31 heavy (non-hydrogen) atoms. The van der Waals surface area contributed by atoms with Crippen LogP contribution in [0.15, 0.2) is 59.6 Å². The Bertz CT molecular complexity index is 944. The van der Waals surface area contributed by atoms with Crippen LogP contribution in [0.2, 0.25) is 0 Å². The highest BCUT2D eigenvalue weighted by atomic mass is 16.8. The zero-order chi connectivity index (χ0) is 21.5. The average Bonchev–Trinajstić information content (AvgIpc) is 3.42. The van der Waals surface area contributed by atoms with Crippen molar-refractivity contribution in [2.45, 2.75) is 50.3 Å². The van der Waals surface area contributed by atoms with Crippen LogP contribution in [0.4, 0.5) is 0 Å². The minimum Gasteiger partial charge on any atom is -0.497 e. The standard InChI is InChI=1S/C24H27NO6/c1-23(2)30-20-19(14-27-13-16-7-5-4-6-8-16)29-24(21(20)31-23)15-28-22(25-24)17-9-11-18(26-3)12-10-17/h4-12,19-21H,13-15H2,1-3H3. The van der Waals surface area contributed by atoms with E-state index in [1.54, 1.807) is 7.11 Å². The number of rotatable bonds is 6. The highest BCUT2D eigenvalue weighted by Gasteiger charge is 2.65. The molecule has 2 aromatic rings. The Kier molecular flexibility index (Phi) is 5.22. The molecule has 4 atom stereocenters. The molecule has 2 fully saturated rings. The van der Waals surface area contributed by atoms with Gasteiger partial charge in [-0.2, -0.15) is 0 Å². The lowest BCUT2D eigenvalue weighted by Gasteiger charge is -2.27. The lowest BCUT2D eigenvalue weighted by molar-refractivity contribution is -0.214. The number of aliphatic imine (C=N–C) groups is 1. The maximum absolute atomic E-state index is 6.39. The van der Waals surface area contributed by atoms with Crippen LogP contribution in [0.5, 0.6) is 5.75 Å². The molecule has 0 saturated carbocycles. The maximum Gasteiger partial charge on any atom is 0.226 e. The van der Waals surface area contributed by atoms with Gasteiger partial charge in [0.2, 0.25) is 11.6 Å². The Morgan fingerprint density at radius 1 is 1.00 bits per heavy atom. The van der Waals surface area contributed by atoms with Crippen LogP contribution in [0.1, 0.15) is 25.0 Å². The molecule has 3 aliphatic rings. The van der Waals surface area contributed by atoms with Gasteiger partial charge in [-0.1, -0.05) is 30.3 Å². The number of methoxy groups -OCH3 is 1. The molecular formula is C24H27NO6. The first-order chi connectivity index (χ1) is 15.0. The van der Waals surface area contributed by atoms with E-state index in [9.17, 15) is 0 Å². The van der Waals surface area contributed by atoms with Crippen molar-refractivity contribution in [3.63, 3.8) is 0 Å². The van der Waals surface area contributed by atoms with E-state index in [0.29, 0.717) is 19.1 Å². The lowest BCUT2D eigenvalue weighted by atomic mass is 10.0. The van der Waals surface area contributed by atoms with Crippen LogP contribution < -0.4 is 4.74 Å². The molecule has 164 valence electrons. The van der Waals surface area contributed by atoms with Crippen LogP contribution in [0, 0.1) is 0 Å². The molecule has 0 N–H and O–H groups in total. The largest absolute Gasteiger partial charge is 0.497 e. The Labute approximate surface area is 181 Å². The molecule has 0 bridgehead atoms. The molecule has 3 aliphatic heterocycles. The fourth-order valence-corrected chi connectivity index (χ4v) is 4.30. The third-order valence-corrected chi connectivity index (χ3v) is 5.73. The summed E-state index contributed by atoms with van der Waals surface area (Å²) in [5.74, 6) is 0.585. The van der Waals surface area contributed by atoms with Gasteiger partial charge in [0.25, 0.3) is 0 Å². The molecule has 0 aromatic heterocycles. The first-order valence-corrected chi connectivity index (χ1v) is 10.5. The van der Waals surface area contributed by atoms with Crippen molar-refractivity contribution in [1.29, 1.82) is 0 Å². The summed E-state index contributed by atoms with van der Waals surface area (Å²) in [7, 11) is 1.64. The second-order valence-electron chi connectivity index (χ2n) is 8.46. The minimum atomic E-state index is -0.950. The molecule has 7 heteroatoms. The summed E-state index contributed by atoms with van der Waals surface area (Å²) >= 11 is 0. The number of fused-ring (bicyclic) bond motifs is 2. The summed E-state index contributed by atoms with van der Waals surface area (Å²) in [6.07, 6.45) is -0.963. The third kappa shape index (κ3) is 3.94. The van der Waals surface area contributed by atoms with Crippen molar-refractivity contribution < 1.29 is 28.4 Å². The Morgan fingerprint density at radius 2 is 1.77 bits per heavy atom. The number of nitrogens with zero attached hydrogens (tertiary/aromatic N) is 1. The number of benzene rings is 2. The Morgan fingerprint density at radius 3 is 2.52 bits per heavy atom. The first kappa shape index (κ1) is 20.5. The SMILES string of the molecule is COc1ccc(C2=NC3(CO2)OC(COCc2ccccc2)C2OC(C)(C)OC23)cc1. The van der Waals surface area contributed by atoms with Gasteiger partial charge >= 0.3 is 0 Å². The van der Waals surface area contributed by atoms with Gasteiger partial charge in [0, 0.05) is 5.56 Å². The van der Waals surface area contributed by atoms with Gasteiger partial charge in [0.05, 0.1) is 20.3 Å². The molecular weight excluding hydrogens is 398 g/mol. The molecule has 0 radical (unpaired) electrons. The van der Waals surface area contributed by atoms with Crippen molar-refractivity contribution in [2.75, 3.05) is 20.3 Å². The fraction of sp³-hybridized carbons (Fsp3) is 0.458. The molecule has 7 nitrogen and oxygen atoms in total. The molecule has 2 aromatic carbocycles. The zero-order valence-corrected chi connectivity index (χ0v) is 17.9. The zero-order valence-electron chi connectivity index (χ0n) is 17.9. The van der Waals surface area contributed by atoms with Gasteiger partial charge in [-0.05, 0) is 43.7 Å². The van der Waals surface area contributed by atoms with E-state index < -0.39 is 11.5 Å². The number of hydrogen-bond acceptors (Lipinski definition) is 7. The normalized spacial score (nSPS) is 30.8. The van der Waals surface area contributed by atoms with Crippen LogP contribution in [0.3, 0.4) is 0 Å². The summed E-state index contributed by atoms with van der Waals surface area (Å²) < 4.78 is 35.9. The topological polar surface area (TPSA) is 67.7 Å². The molecule has 4 unspecified atom stereocenters. The smallest absolute Gasteiger partial charge is 0.226 e. The summed E-state index contributed by atoms with van der Waals surface area (Å²) in [5.41, 5.74) is 1.02. The Balaban J connectivity index is 1.34. The van der Waals surface area contributed by atoms with Crippen molar-refractivity contribution in [3.05, 3.63) is 65.7 Å². The van der Waals surface area contributed by atoms with Gasteiger partial charge in [-0.15, -0.1) is 0 Å². The van der Waals surface area contributed by atoms with Crippen LogP contribution in [-0.2, 0) is 30.3 Å². The van der Waals surface area contributed by atoms with Crippen LogP contribution >= 0.6 is 0 Å². The second kappa shape index (κ2) is 7.91. The predicted molar refractivity (Wildman–Crippen MR) is 113 cm³/mol. The van der Waals surface area contributed by atoms with E-state index in [2.05, 4.69) is 0 Å². The van der Waals surface area contributed by atoms with E-state index in [0.717, 1.165) is 16.9 Å². The van der Waals surface area contributed by atoms with Gasteiger partial charge < -0.3 is 28.4 Å². The van der Waals surface area contributed by atoms with Crippen molar-refractivity contribution in [3.8, 4) is 5.75 Å². The van der Waals surface area contributed by atoms with E-state index in [1.807, 2.05) is 68.4 Å². The summed E-state index contributed by atoms with van der Waals surface area (Å²) in [6, 6.07) is 17.6. The summed E-state index contributed by atoms with van der Waals surface area (Å²) in [5, 5.41) is 0. The molecule has 0 amide bonds. The van der Waals surface area contributed by atoms with Gasteiger partial charge in [-0.25, -0.2) is 4.99 Å². The Hall–Kier alpha value is -2.45. The number of ether oxygens (including phenoxy) is 6. The molecule has 5 rings (SSSR count). The van der Waals surface area contributed by atoms with E-state index >= 15 is 0 Å². The molecule has 1 spiro atoms. The quantitative estimate of drug-likeness (QED) is 0.708. The predicted octanol–water partition coefficient (Wildman–Crippen LogP) is 3.30. The summed E-state index contributed by atoms with van der Waals surface area (Å²) in [6.45, 7) is 4.97. The first-order valence-electron chi connectivity index (χ1n) is 10.5. The lowest BCUT2D eigenvalue weighted by Crippen LogP contribution is -2.43. The maximum atomic E-state index is 6.39. The van der Waals surface area contributed by atoms with Crippen molar-refractivity contribution in [2.24, 2.45) is 4.99 Å².